The second-order valence-corrected chi connectivity index (χ2v) is 7.99. The maximum Gasteiger partial charge on any atom is 0.255 e. The molecule has 0 aliphatic carbocycles. The molecule has 2 aromatic carbocycles. The zero-order valence-corrected chi connectivity index (χ0v) is 14.7. The molecule has 0 saturated carbocycles. The standard InChI is InChI=1S/C18H18F2N2O3S/c19-15-8-5-9-16(17(15)20)21-18(23)13-6-4-7-14(12-13)26(24,25)22-10-2-1-3-11-22/h4-9,12H,1-3,10-11H2,(H,21,23). The Hall–Kier alpha value is -2.32. The fraction of sp³-hybridized carbons (Fsp3) is 0.278. The lowest BCUT2D eigenvalue weighted by molar-refractivity contribution is 0.102. The normalized spacial score (nSPS) is 15.6. The Morgan fingerprint density at radius 3 is 2.42 bits per heavy atom. The topological polar surface area (TPSA) is 66.5 Å². The number of anilines is 1. The number of piperidine rings is 1. The molecule has 0 unspecified atom stereocenters. The van der Waals surface area contributed by atoms with Gasteiger partial charge in [-0.1, -0.05) is 18.6 Å². The highest BCUT2D eigenvalue weighted by Gasteiger charge is 2.26. The Kier molecular flexibility index (Phi) is 5.33. The van der Waals surface area contributed by atoms with Crippen LogP contribution in [0.5, 0.6) is 0 Å². The van der Waals surface area contributed by atoms with Crippen LogP contribution >= 0.6 is 0 Å². The number of rotatable bonds is 4. The van der Waals surface area contributed by atoms with E-state index in [-0.39, 0.29) is 16.1 Å². The summed E-state index contributed by atoms with van der Waals surface area (Å²) in [5, 5.41) is 2.26. The minimum Gasteiger partial charge on any atom is -0.319 e. The van der Waals surface area contributed by atoms with Gasteiger partial charge in [-0.2, -0.15) is 4.31 Å². The lowest BCUT2D eigenvalue weighted by Gasteiger charge is -2.26. The first kappa shape index (κ1) is 18.5. The van der Waals surface area contributed by atoms with Crippen LogP contribution in [0.4, 0.5) is 14.5 Å². The van der Waals surface area contributed by atoms with E-state index < -0.39 is 27.6 Å². The molecule has 138 valence electrons. The molecule has 2 aromatic rings. The van der Waals surface area contributed by atoms with E-state index in [1.54, 1.807) is 0 Å². The van der Waals surface area contributed by atoms with Gasteiger partial charge in [0.2, 0.25) is 10.0 Å². The minimum absolute atomic E-state index is 0.00626. The van der Waals surface area contributed by atoms with Crippen molar-refractivity contribution in [2.45, 2.75) is 24.2 Å². The van der Waals surface area contributed by atoms with Gasteiger partial charge in [-0.3, -0.25) is 4.79 Å². The van der Waals surface area contributed by atoms with Crippen LogP contribution < -0.4 is 5.32 Å². The third kappa shape index (κ3) is 3.76. The Labute approximate surface area is 150 Å². The number of nitrogens with one attached hydrogen (secondary N) is 1. The molecule has 0 atom stereocenters. The number of carbonyl (C=O) groups excluding carboxylic acids is 1. The van der Waals surface area contributed by atoms with Crippen molar-refractivity contribution < 1.29 is 22.0 Å². The van der Waals surface area contributed by atoms with Gasteiger partial charge >= 0.3 is 0 Å². The second kappa shape index (κ2) is 7.51. The molecule has 26 heavy (non-hydrogen) atoms. The Morgan fingerprint density at radius 2 is 1.69 bits per heavy atom. The molecule has 0 radical (unpaired) electrons. The van der Waals surface area contributed by atoms with Crippen LogP contribution in [0.15, 0.2) is 47.4 Å². The Bertz CT molecular complexity index is 926. The molecule has 1 heterocycles. The van der Waals surface area contributed by atoms with Crippen molar-refractivity contribution in [2.75, 3.05) is 18.4 Å². The molecule has 3 rings (SSSR count). The third-order valence-electron chi connectivity index (χ3n) is 4.25. The van der Waals surface area contributed by atoms with Gasteiger partial charge in [0.25, 0.3) is 5.91 Å². The first-order valence-corrected chi connectivity index (χ1v) is 9.69. The molecular weight excluding hydrogens is 362 g/mol. The predicted octanol–water partition coefficient (Wildman–Crippen LogP) is 3.39. The average Bonchev–Trinajstić information content (AvgIpc) is 2.66. The van der Waals surface area contributed by atoms with E-state index >= 15 is 0 Å². The number of benzene rings is 2. The van der Waals surface area contributed by atoms with Gasteiger partial charge in [0.15, 0.2) is 11.6 Å². The highest BCUT2D eigenvalue weighted by molar-refractivity contribution is 7.89. The van der Waals surface area contributed by atoms with Crippen molar-refractivity contribution in [3.63, 3.8) is 0 Å². The van der Waals surface area contributed by atoms with Crippen LogP contribution in [0, 0.1) is 11.6 Å². The molecule has 1 amide bonds. The molecular formula is C18H18F2N2O3S. The van der Waals surface area contributed by atoms with E-state index in [0.717, 1.165) is 25.3 Å². The van der Waals surface area contributed by atoms with Crippen molar-refractivity contribution in [2.24, 2.45) is 0 Å². The van der Waals surface area contributed by atoms with Gasteiger partial charge in [-0.15, -0.1) is 0 Å². The van der Waals surface area contributed by atoms with E-state index in [9.17, 15) is 22.0 Å². The molecule has 1 saturated heterocycles. The molecule has 1 aliphatic rings. The van der Waals surface area contributed by atoms with E-state index in [1.165, 1.54) is 40.7 Å². The van der Waals surface area contributed by atoms with Crippen molar-refractivity contribution in [3.05, 3.63) is 59.7 Å². The SMILES string of the molecule is O=C(Nc1cccc(F)c1F)c1cccc(S(=O)(=O)N2CCCCC2)c1. The van der Waals surface area contributed by atoms with Gasteiger partial charge in [0, 0.05) is 18.7 Å². The number of halogens is 2. The largest absolute Gasteiger partial charge is 0.319 e. The zero-order valence-electron chi connectivity index (χ0n) is 13.9. The highest BCUT2D eigenvalue weighted by atomic mass is 32.2. The number of hydrogen-bond acceptors (Lipinski definition) is 3. The minimum atomic E-state index is -3.69. The Morgan fingerprint density at radius 1 is 1.00 bits per heavy atom. The van der Waals surface area contributed by atoms with Crippen molar-refractivity contribution in [1.82, 2.24) is 4.31 Å². The van der Waals surface area contributed by atoms with Gasteiger partial charge < -0.3 is 5.32 Å². The molecule has 1 N–H and O–H groups in total. The fourth-order valence-electron chi connectivity index (χ4n) is 2.85. The number of sulfonamides is 1. The van der Waals surface area contributed by atoms with Crippen molar-refractivity contribution >= 4 is 21.6 Å². The number of amides is 1. The average molecular weight is 380 g/mol. The van der Waals surface area contributed by atoms with E-state index in [4.69, 9.17) is 0 Å². The van der Waals surface area contributed by atoms with Gasteiger partial charge in [0.1, 0.15) is 0 Å². The summed E-state index contributed by atoms with van der Waals surface area (Å²) in [6, 6.07) is 8.97. The summed E-state index contributed by atoms with van der Waals surface area (Å²) in [6.45, 7) is 0.903. The number of nitrogens with zero attached hydrogens (tertiary/aromatic N) is 1. The smallest absolute Gasteiger partial charge is 0.255 e. The first-order chi connectivity index (χ1) is 12.4. The van der Waals surface area contributed by atoms with Crippen LogP contribution in [0.25, 0.3) is 0 Å². The quantitative estimate of drug-likeness (QED) is 0.884. The summed E-state index contributed by atoms with van der Waals surface area (Å²) < 4.78 is 53.8. The molecule has 1 fully saturated rings. The molecule has 8 heteroatoms. The summed E-state index contributed by atoms with van der Waals surface area (Å²) in [7, 11) is -3.69. The molecule has 0 bridgehead atoms. The van der Waals surface area contributed by atoms with Crippen molar-refractivity contribution in [1.29, 1.82) is 0 Å². The van der Waals surface area contributed by atoms with Crippen LogP contribution in [0.2, 0.25) is 0 Å². The lowest BCUT2D eigenvalue weighted by atomic mass is 10.2. The highest BCUT2D eigenvalue weighted by Crippen LogP contribution is 2.22. The summed E-state index contributed by atoms with van der Waals surface area (Å²) in [4.78, 5) is 12.3. The molecule has 0 aromatic heterocycles. The third-order valence-corrected chi connectivity index (χ3v) is 6.14. The summed E-state index contributed by atoms with van der Waals surface area (Å²) in [5.41, 5.74) is -0.258. The fourth-order valence-corrected chi connectivity index (χ4v) is 4.41. The maximum absolute atomic E-state index is 13.7. The number of hydrogen-bond donors (Lipinski definition) is 1. The summed E-state index contributed by atoms with van der Waals surface area (Å²) in [6.07, 6.45) is 2.60. The monoisotopic (exact) mass is 380 g/mol. The van der Waals surface area contributed by atoms with Crippen LogP contribution in [-0.2, 0) is 10.0 Å². The zero-order chi connectivity index (χ0) is 18.7. The van der Waals surface area contributed by atoms with Gasteiger partial charge in [-0.05, 0) is 43.2 Å². The van der Waals surface area contributed by atoms with Crippen LogP contribution in [0.1, 0.15) is 29.6 Å². The van der Waals surface area contributed by atoms with Crippen LogP contribution in [0.3, 0.4) is 0 Å². The molecule has 0 spiro atoms. The van der Waals surface area contributed by atoms with Gasteiger partial charge in [-0.25, -0.2) is 17.2 Å². The second-order valence-electron chi connectivity index (χ2n) is 6.05. The first-order valence-electron chi connectivity index (χ1n) is 8.25. The number of carbonyl (C=O) groups is 1. The predicted molar refractivity (Wildman–Crippen MR) is 93.4 cm³/mol. The van der Waals surface area contributed by atoms with E-state index in [1.807, 2.05) is 0 Å². The van der Waals surface area contributed by atoms with Crippen molar-refractivity contribution in [3.8, 4) is 0 Å². The lowest BCUT2D eigenvalue weighted by Crippen LogP contribution is -2.35. The van der Waals surface area contributed by atoms with E-state index in [2.05, 4.69) is 5.32 Å². The van der Waals surface area contributed by atoms with E-state index in [0.29, 0.717) is 13.1 Å². The summed E-state index contributed by atoms with van der Waals surface area (Å²) >= 11 is 0. The molecule has 1 aliphatic heterocycles. The summed E-state index contributed by atoms with van der Waals surface area (Å²) in [5.74, 6) is -2.97. The van der Waals surface area contributed by atoms with Gasteiger partial charge in [0.05, 0.1) is 10.6 Å². The van der Waals surface area contributed by atoms with Crippen LogP contribution in [-0.4, -0.2) is 31.7 Å². The maximum atomic E-state index is 13.7. The molecule has 5 nitrogen and oxygen atoms in total. The Balaban J connectivity index is 1.84.